The standard InChI is InChI=1S/C14H20N2O4S/c15-21(19,20)12-7-5-11(6-8-12)16-14(13(17)18)9-3-1-2-4-10-14/h5-8,16H,1-4,9-10H2,(H,17,18)(H2,15,19,20). The van der Waals surface area contributed by atoms with Crippen molar-refractivity contribution in [1.82, 2.24) is 0 Å². The van der Waals surface area contributed by atoms with Crippen molar-refractivity contribution in [1.29, 1.82) is 0 Å². The highest BCUT2D eigenvalue weighted by molar-refractivity contribution is 7.89. The molecule has 21 heavy (non-hydrogen) atoms. The van der Waals surface area contributed by atoms with E-state index in [4.69, 9.17) is 5.14 Å². The molecule has 0 amide bonds. The second-order valence-corrected chi connectivity index (χ2v) is 7.06. The number of carboxylic acids is 1. The van der Waals surface area contributed by atoms with Crippen LogP contribution in [-0.2, 0) is 14.8 Å². The van der Waals surface area contributed by atoms with Crippen LogP contribution in [0.3, 0.4) is 0 Å². The Morgan fingerprint density at radius 3 is 2.05 bits per heavy atom. The van der Waals surface area contributed by atoms with Crippen molar-refractivity contribution in [3.05, 3.63) is 24.3 Å². The summed E-state index contributed by atoms with van der Waals surface area (Å²) in [5.74, 6) is -0.861. The van der Waals surface area contributed by atoms with Gasteiger partial charge in [0.25, 0.3) is 0 Å². The summed E-state index contributed by atoms with van der Waals surface area (Å²) < 4.78 is 22.4. The molecule has 1 fully saturated rings. The van der Waals surface area contributed by atoms with E-state index < -0.39 is 21.5 Å². The minimum Gasteiger partial charge on any atom is -0.480 e. The molecule has 1 saturated carbocycles. The van der Waals surface area contributed by atoms with E-state index in [-0.39, 0.29) is 4.90 Å². The van der Waals surface area contributed by atoms with Crippen LogP contribution in [0.2, 0.25) is 0 Å². The molecule has 1 aliphatic rings. The summed E-state index contributed by atoms with van der Waals surface area (Å²) in [6, 6.07) is 5.86. The summed E-state index contributed by atoms with van der Waals surface area (Å²) in [6.45, 7) is 0. The lowest BCUT2D eigenvalue weighted by Gasteiger charge is -2.30. The first-order valence-electron chi connectivity index (χ1n) is 6.98. The van der Waals surface area contributed by atoms with Gasteiger partial charge in [-0.1, -0.05) is 25.7 Å². The molecule has 1 aromatic carbocycles. The Balaban J connectivity index is 2.23. The number of carbonyl (C=O) groups is 1. The van der Waals surface area contributed by atoms with Gasteiger partial charge in [0.2, 0.25) is 10.0 Å². The number of anilines is 1. The number of hydrogen-bond donors (Lipinski definition) is 3. The second kappa shape index (κ2) is 6.03. The van der Waals surface area contributed by atoms with Gasteiger partial charge in [0.1, 0.15) is 5.54 Å². The Bertz CT molecular complexity index is 602. The fraction of sp³-hybridized carbons (Fsp3) is 0.500. The van der Waals surface area contributed by atoms with Crippen LogP contribution in [0.25, 0.3) is 0 Å². The molecule has 4 N–H and O–H groups in total. The van der Waals surface area contributed by atoms with Crippen molar-refractivity contribution in [3.8, 4) is 0 Å². The van der Waals surface area contributed by atoms with Gasteiger partial charge in [-0.3, -0.25) is 0 Å². The van der Waals surface area contributed by atoms with Gasteiger partial charge in [0.05, 0.1) is 4.90 Å². The average Bonchev–Trinajstić information content (AvgIpc) is 2.65. The normalized spacial score (nSPS) is 18.7. The van der Waals surface area contributed by atoms with Gasteiger partial charge in [0.15, 0.2) is 0 Å². The van der Waals surface area contributed by atoms with Crippen LogP contribution < -0.4 is 10.5 Å². The molecule has 116 valence electrons. The number of sulfonamides is 1. The molecular weight excluding hydrogens is 292 g/mol. The molecule has 1 aromatic rings. The quantitative estimate of drug-likeness (QED) is 0.736. The molecule has 0 radical (unpaired) electrons. The van der Waals surface area contributed by atoms with E-state index in [0.29, 0.717) is 18.5 Å². The predicted molar refractivity (Wildman–Crippen MR) is 79.5 cm³/mol. The Morgan fingerprint density at radius 2 is 1.62 bits per heavy atom. The van der Waals surface area contributed by atoms with E-state index in [1.54, 1.807) is 12.1 Å². The van der Waals surface area contributed by atoms with Gasteiger partial charge >= 0.3 is 5.97 Å². The number of hydrogen-bond acceptors (Lipinski definition) is 4. The van der Waals surface area contributed by atoms with E-state index >= 15 is 0 Å². The zero-order chi connectivity index (χ0) is 15.5. The zero-order valence-corrected chi connectivity index (χ0v) is 12.5. The molecule has 0 heterocycles. The third kappa shape index (κ3) is 3.74. The largest absolute Gasteiger partial charge is 0.480 e. The first-order valence-corrected chi connectivity index (χ1v) is 8.53. The minimum absolute atomic E-state index is 0.0123. The van der Waals surface area contributed by atoms with E-state index in [9.17, 15) is 18.3 Å². The van der Waals surface area contributed by atoms with Crippen molar-refractivity contribution in [2.75, 3.05) is 5.32 Å². The van der Waals surface area contributed by atoms with E-state index in [0.717, 1.165) is 25.7 Å². The molecule has 0 aliphatic heterocycles. The van der Waals surface area contributed by atoms with Gasteiger partial charge in [-0.15, -0.1) is 0 Å². The second-order valence-electron chi connectivity index (χ2n) is 5.50. The number of nitrogens with one attached hydrogen (secondary N) is 1. The Labute approximate surface area is 124 Å². The number of nitrogens with two attached hydrogens (primary N) is 1. The van der Waals surface area contributed by atoms with E-state index in [1.807, 2.05) is 0 Å². The van der Waals surface area contributed by atoms with Crippen LogP contribution in [0.15, 0.2) is 29.2 Å². The monoisotopic (exact) mass is 312 g/mol. The lowest BCUT2D eigenvalue weighted by molar-refractivity contribution is -0.142. The maximum absolute atomic E-state index is 11.7. The first-order chi connectivity index (χ1) is 9.83. The highest BCUT2D eigenvalue weighted by Crippen LogP contribution is 2.31. The van der Waals surface area contributed by atoms with E-state index in [2.05, 4.69) is 5.32 Å². The summed E-state index contributed by atoms with van der Waals surface area (Å²) >= 11 is 0. The molecule has 0 atom stereocenters. The Morgan fingerprint density at radius 1 is 1.10 bits per heavy atom. The van der Waals surface area contributed by atoms with Crippen molar-refractivity contribution in [3.63, 3.8) is 0 Å². The van der Waals surface area contributed by atoms with Gasteiger partial charge in [-0.25, -0.2) is 18.4 Å². The molecule has 0 unspecified atom stereocenters. The predicted octanol–water partition coefficient (Wildman–Crippen LogP) is 1.92. The highest BCUT2D eigenvalue weighted by atomic mass is 32.2. The van der Waals surface area contributed by atoms with Gasteiger partial charge < -0.3 is 10.4 Å². The Kier molecular flexibility index (Phi) is 4.53. The zero-order valence-electron chi connectivity index (χ0n) is 11.7. The summed E-state index contributed by atoms with van der Waals surface area (Å²) in [7, 11) is -3.73. The molecule has 0 aromatic heterocycles. The van der Waals surface area contributed by atoms with Gasteiger partial charge in [0, 0.05) is 5.69 Å². The van der Waals surface area contributed by atoms with Crippen molar-refractivity contribution in [2.24, 2.45) is 5.14 Å². The van der Waals surface area contributed by atoms with Crippen molar-refractivity contribution < 1.29 is 18.3 Å². The molecule has 6 nitrogen and oxygen atoms in total. The molecule has 0 bridgehead atoms. The summed E-state index contributed by atoms with van der Waals surface area (Å²) in [5.41, 5.74) is -0.383. The maximum Gasteiger partial charge on any atom is 0.329 e. The van der Waals surface area contributed by atoms with Gasteiger partial charge in [-0.2, -0.15) is 0 Å². The van der Waals surface area contributed by atoms with Crippen molar-refractivity contribution in [2.45, 2.75) is 49.0 Å². The van der Waals surface area contributed by atoms with Crippen LogP contribution in [0, 0.1) is 0 Å². The minimum atomic E-state index is -3.73. The lowest BCUT2D eigenvalue weighted by Crippen LogP contribution is -2.46. The number of aliphatic carboxylic acids is 1. The molecule has 2 rings (SSSR count). The number of primary sulfonamides is 1. The fourth-order valence-corrected chi connectivity index (χ4v) is 3.24. The molecule has 0 spiro atoms. The number of carboxylic acid groups (broad SMARTS) is 1. The van der Waals surface area contributed by atoms with Gasteiger partial charge in [-0.05, 0) is 37.1 Å². The third-order valence-electron chi connectivity index (χ3n) is 3.93. The molecule has 0 saturated heterocycles. The highest BCUT2D eigenvalue weighted by Gasteiger charge is 2.38. The fourth-order valence-electron chi connectivity index (χ4n) is 2.73. The summed E-state index contributed by atoms with van der Waals surface area (Å²) in [6.07, 6.45) is 4.96. The third-order valence-corrected chi connectivity index (χ3v) is 4.86. The van der Waals surface area contributed by atoms with Crippen LogP contribution in [-0.4, -0.2) is 25.0 Å². The SMILES string of the molecule is NS(=O)(=O)c1ccc(NC2(C(=O)O)CCCCCC2)cc1. The van der Waals surface area contributed by atoms with E-state index in [1.165, 1.54) is 12.1 Å². The number of benzene rings is 1. The molecule has 1 aliphatic carbocycles. The van der Waals surface area contributed by atoms with Crippen LogP contribution in [0.1, 0.15) is 38.5 Å². The topological polar surface area (TPSA) is 109 Å². The lowest BCUT2D eigenvalue weighted by atomic mass is 9.90. The molecule has 7 heteroatoms. The van der Waals surface area contributed by atoms with Crippen LogP contribution >= 0.6 is 0 Å². The smallest absolute Gasteiger partial charge is 0.329 e. The van der Waals surface area contributed by atoms with Crippen LogP contribution in [0.5, 0.6) is 0 Å². The molecular formula is C14H20N2O4S. The number of rotatable bonds is 4. The first kappa shape index (κ1) is 15.8. The van der Waals surface area contributed by atoms with Crippen molar-refractivity contribution >= 4 is 21.7 Å². The summed E-state index contributed by atoms with van der Waals surface area (Å²) in [5, 5.41) is 17.7. The Hall–Kier alpha value is -1.60. The summed E-state index contributed by atoms with van der Waals surface area (Å²) in [4.78, 5) is 11.7. The van der Waals surface area contributed by atoms with Crippen LogP contribution in [0.4, 0.5) is 5.69 Å². The maximum atomic E-state index is 11.7. The average molecular weight is 312 g/mol.